The smallest absolute Gasteiger partial charge is 0.271 e. The van der Waals surface area contributed by atoms with Gasteiger partial charge in [0.2, 0.25) is 0 Å². The number of carbonyl (C=O) groups excluding carboxylic acids is 1. The fourth-order valence-electron chi connectivity index (χ4n) is 2.95. The predicted octanol–water partition coefficient (Wildman–Crippen LogP) is 4.34. The summed E-state index contributed by atoms with van der Waals surface area (Å²) in [5.74, 6) is -0.579. The van der Waals surface area contributed by atoms with Gasteiger partial charge in [0.1, 0.15) is 34.2 Å². The molecule has 0 radical (unpaired) electrons. The van der Waals surface area contributed by atoms with Gasteiger partial charge >= 0.3 is 0 Å². The average molecular weight is 410 g/mol. The Bertz CT molecular complexity index is 1150. The molecule has 5 nitrogen and oxygen atoms in total. The summed E-state index contributed by atoms with van der Waals surface area (Å²) in [4.78, 5) is 21.5. The lowest BCUT2D eigenvalue weighted by atomic mass is 10.1. The molecule has 0 spiro atoms. The number of halogens is 2. The highest BCUT2D eigenvalue weighted by molar-refractivity contribution is 7.13. The number of rotatable bonds is 5. The average Bonchev–Trinajstić information content (AvgIpc) is 3.36. The summed E-state index contributed by atoms with van der Waals surface area (Å²) in [7, 11) is 1.80. The molecule has 0 aliphatic carbocycles. The molecule has 0 fully saturated rings. The van der Waals surface area contributed by atoms with Crippen LogP contribution in [0.15, 0.2) is 66.3 Å². The van der Waals surface area contributed by atoms with Crippen LogP contribution in [0.2, 0.25) is 0 Å². The summed E-state index contributed by atoms with van der Waals surface area (Å²) in [5.41, 5.74) is 1.52. The van der Waals surface area contributed by atoms with Crippen LogP contribution in [0, 0.1) is 11.6 Å². The molecule has 1 N–H and O–H groups in total. The van der Waals surface area contributed by atoms with E-state index in [0.29, 0.717) is 16.4 Å². The van der Waals surface area contributed by atoms with Crippen LogP contribution in [0.5, 0.6) is 0 Å². The first kappa shape index (κ1) is 18.9. The lowest BCUT2D eigenvalue weighted by molar-refractivity contribution is 0.0937. The minimum Gasteiger partial charge on any atom is -0.337 e. The Kier molecular flexibility index (Phi) is 5.18. The second-order valence-electron chi connectivity index (χ2n) is 6.40. The van der Waals surface area contributed by atoms with E-state index in [-0.39, 0.29) is 11.5 Å². The standard InChI is InChI=1S/C21H16F2N4OS/c1-27-10-9-24-19(27)18(14-3-2-4-16(23)11-14)26-20(28)17-12-29-21(25-17)13-5-7-15(22)8-6-13/h2-12,18H,1H3,(H,26,28). The number of benzene rings is 2. The summed E-state index contributed by atoms with van der Waals surface area (Å²) in [6, 6.07) is 11.3. The van der Waals surface area contributed by atoms with Gasteiger partial charge in [0, 0.05) is 30.4 Å². The van der Waals surface area contributed by atoms with Crippen molar-refractivity contribution in [1.82, 2.24) is 19.9 Å². The van der Waals surface area contributed by atoms with Gasteiger partial charge < -0.3 is 9.88 Å². The monoisotopic (exact) mass is 410 g/mol. The fraction of sp³-hybridized carbons (Fsp3) is 0.0952. The Balaban J connectivity index is 1.62. The van der Waals surface area contributed by atoms with Crippen LogP contribution >= 0.6 is 11.3 Å². The van der Waals surface area contributed by atoms with Gasteiger partial charge in [-0.25, -0.2) is 18.7 Å². The lowest BCUT2D eigenvalue weighted by Crippen LogP contribution is -2.31. The number of amides is 1. The van der Waals surface area contributed by atoms with Crippen LogP contribution in [-0.2, 0) is 7.05 Å². The van der Waals surface area contributed by atoms with Crippen LogP contribution in [0.25, 0.3) is 10.6 Å². The first-order valence-corrected chi connectivity index (χ1v) is 9.64. The maximum atomic E-state index is 13.8. The van der Waals surface area contributed by atoms with Gasteiger partial charge in [-0.2, -0.15) is 0 Å². The van der Waals surface area contributed by atoms with Gasteiger partial charge in [-0.05, 0) is 42.0 Å². The highest BCUT2D eigenvalue weighted by Gasteiger charge is 2.23. The predicted molar refractivity (Wildman–Crippen MR) is 106 cm³/mol. The molecule has 4 aromatic rings. The van der Waals surface area contributed by atoms with Gasteiger partial charge in [0.05, 0.1) is 0 Å². The van der Waals surface area contributed by atoms with Crippen molar-refractivity contribution in [2.75, 3.05) is 0 Å². The van der Waals surface area contributed by atoms with Crippen molar-refractivity contribution in [3.8, 4) is 10.6 Å². The lowest BCUT2D eigenvalue weighted by Gasteiger charge is -2.18. The van der Waals surface area contributed by atoms with E-state index >= 15 is 0 Å². The molecule has 8 heteroatoms. The number of hydrogen-bond donors (Lipinski definition) is 1. The normalized spacial score (nSPS) is 12.0. The summed E-state index contributed by atoms with van der Waals surface area (Å²) in [5, 5.41) is 5.13. The molecule has 0 saturated carbocycles. The Morgan fingerprint density at radius 1 is 1.14 bits per heavy atom. The van der Waals surface area contributed by atoms with Crippen molar-refractivity contribution in [2.24, 2.45) is 7.05 Å². The van der Waals surface area contributed by atoms with Gasteiger partial charge in [0.25, 0.3) is 5.91 Å². The van der Waals surface area contributed by atoms with E-state index < -0.39 is 17.8 Å². The second kappa shape index (κ2) is 7.92. The van der Waals surface area contributed by atoms with Crippen LogP contribution in [0.3, 0.4) is 0 Å². The molecule has 2 aromatic heterocycles. The molecule has 2 heterocycles. The summed E-state index contributed by atoms with van der Waals surface area (Å²) in [6.07, 6.45) is 3.37. The van der Waals surface area contributed by atoms with Crippen molar-refractivity contribution in [1.29, 1.82) is 0 Å². The summed E-state index contributed by atoms with van der Waals surface area (Å²) in [6.45, 7) is 0. The Morgan fingerprint density at radius 3 is 2.62 bits per heavy atom. The number of imidazole rings is 1. The van der Waals surface area contributed by atoms with Crippen molar-refractivity contribution in [2.45, 2.75) is 6.04 Å². The zero-order valence-corrected chi connectivity index (χ0v) is 16.2. The number of nitrogens with one attached hydrogen (secondary N) is 1. The van der Waals surface area contributed by atoms with E-state index in [1.165, 1.54) is 35.6 Å². The van der Waals surface area contributed by atoms with Crippen LogP contribution < -0.4 is 5.32 Å². The molecular formula is C21H16F2N4OS. The maximum absolute atomic E-state index is 13.8. The third kappa shape index (κ3) is 4.07. The van der Waals surface area contributed by atoms with Gasteiger partial charge in [-0.3, -0.25) is 4.79 Å². The third-order valence-electron chi connectivity index (χ3n) is 4.40. The molecule has 1 amide bonds. The highest BCUT2D eigenvalue weighted by Crippen LogP contribution is 2.25. The number of thiazole rings is 1. The molecular weight excluding hydrogens is 394 g/mol. The van der Waals surface area contributed by atoms with Gasteiger partial charge in [0.15, 0.2) is 0 Å². The van der Waals surface area contributed by atoms with Crippen molar-refractivity contribution >= 4 is 17.2 Å². The number of hydrogen-bond acceptors (Lipinski definition) is 4. The van der Waals surface area contributed by atoms with Crippen molar-refractivity contribution in [3.05, 3.63) is 95.0 Å². The van der Waals surface area contributed by atoms with E-state index in [0.717, 1.165) is 5.56 Å². The molecule has 1 unspecified atom stereocenters. The van der Waals surface area contributed by atoms with Crippen molar-refractivity contribution in [3.63, 3.8) is 0 Å². The minimum absolute atomic E-state index is 0.227. The topological polar surface area (TPSA) is 59.8 Å². The first-order chi connectivity index (χ1) is 14.0. The van der Waals surface area contributed by atoms with E-state index in [9.17, 15) is 13.6 Å². The molecule has 2 aromatic carbocycles. The Hall–Kier alpha value is -3.39. The summed E-state index contributed by atoms with van der Waals surface area (Å²) < 4.78 is 28.7. The molecule has 29 heavy (non-hydrogen) atoms. The minimum atomic E-state index is -0.644. The van der Waals surface area contributed by atoms with Crippen molar-refractivity contribution < 1.29 is 13.6 Å². The van der Waals surface area contributed by atoms with Crippen LogP contribution in [0.1, 0.15) is 27.9 Å². The largest absolute Gasteiger partial charge is 0.337 e. The Morgan fingerprint density at radius 2 is 1.93 bits per heavy atom. The van der Waals surface area contributed by atoms with Gasteiger partial charge in [-0.15, -0.1) is 11.3 Å². The maximum Gasteiger partial charge on any atom is 0.271 e. The SMILES string of the molecule is Cn1ccnc1C(NC(=O)c1csc(-c2ccc(F)cc2)n1)c1cccc(F)c1. The third-order valence-corrected chi connectivity index (χ3v) is 5.29. The molecule has 0 saturated heterocycles. The van der Waals surface area contributed by atoms with Gasteiger partial charge in [-0.1, -0.05) is 12.1 Å². The quantitative estimate of drug-likeness (QED) is 0.532. The second-order valence-corrected chi connectivity index (χ2v) is 7.26. The van der Waals surface area contributed by atoms with E-state index in [2.05, 4.69) is 15.3 Å². The molecule has 1 atom stereocenters. The Labute approximate surface area is 169 Å². The number of carbonyl (C=O) groups is 1. The zero-order valence-electron chi connectivity index (χ0n) is 15.3. The summed E-state index contributed by atoms with van der Waals surface area (Å²) >= 11 is 1.29. The zero-order chi connectivity index (χ0) is 20.4. The molecule has 146 valence electrons. The van der Waals surface area contributed by atoms with E-state index in [1.807, 2.05) is 0 Å². The molecule has 0 aliphatic heterocycles. The molecule has 0 bridgehead atoms. The first-order valence-electron chi connectivity index (χ1n) is 8.76. The van der Waals surface area contributed by atoms with E-state index in [4.69, 9.17) is 0 Å². The fourth-order valence-corrected chi connectivity index (χ4v) is 3.75. The number of aryl methyl sites for hydroxylation is 1. The number of aromatic nitrogens is 3. The van der Waals surface area contributed by atoms with Crippen LogP contribution in [0.4, 0.5) is 8.78 Å². The molecule has 0 aliphatic rings. The highest BCUT2D eigenvalue weighted by atomic mass is 32.1. The van der Waals surface area contributed by atoms with Crippen LogP contribution in [-0.4, -0.2) is 20.4 Å². The number of nitrogens with zero attached hydrogens (tertiary/aromatic N) is 3. The van der Waals surface area contributed by atoms with E-state index in [1.54, 1.807) is 53.7 Å². The molecule has 4 rings (SSSR count).